The number of hydrogen-bond acceptors (Lipinski definition) is 4. The van der Waals surface area contributed by atoms with Gasteiger partial charge in [-0.05, 0) is 25.0 Å². The first kappa shape index (κ1) is 13.7. The molecule has 1 aliphatic heterocycles. The molecule has 1 atom stereocenters. The van der Waals surface area contributed by atoms with Crippen LogP contribution in [0.5, 0.6) is 0 Å². The molecule has 0 aliphatic carbocycles. The fourth-order valence-corrected chi connectivity index (χ4v) is 2.97. The first-order valence-electron chi connectivity index (χ1n) is 6.11. The van der Waals surface area contributed by atoms with E-state index in [0.29, 0.717) is 0 Å². The van der Waals surface area contributed by atoms with Crippen molar-refractivity contribution in [1.29, 1.82) is 0 Å². The maximum Gasteiger partial charge on any atom is 0.331 e. The van der Waals surface area contributed by atoms with Crippen LogP contribution in [0.1, 0.15) is 23.6 Å². The van der Waals surface area contributed by atoms with Crippen LogP contribution in [0, 0.1) is 18.8 Å². The number of carbonyl (C=O) groups is 3. The molecule has 1 fully saturated rings. The van der Waals surface area contributed by atoms with E-state index in [1.165, 1.54) is 11.3 Å². The zero-order chi connectivity index (χ0) is 14.2. The Morgan fingerprint density at radius 3 is 2.53 bits per heavy atom. The molecular formula is C13H16N2O3S. The number of amides is 4. The summed E-state index contributed by atoms with van der Waals surface area (Å²) in [4.78, 5) is 38.9. The Kier molecular flexibility index (Phi) is 3.71. The number of carbonyl (C=O) groups excluding carboxylic acids is 3. The maximum atomic E-state index is 12.2. The topological polar surface area (TPSA) is 66.5 Å². The van der Waals surface area contributed by atoms with E-state index >= 15 is 0 Å². The summed E-state index contributed by atoms with van der Waals surface area (Å²) in [6, 6.07) is 3.21. The van der Waals surface area contributed by atoms with Crippen LogP contribution < -0.4 is 5.32 Å². The fraction of sp³-hybridized carbons (Fsp3) is 0.462. The van der Waals surface area contributed by atoms with Crippen molar-refractivity contribution >= 4 is 29.2 Å². The SMILES string of the molecule is Cc1ccc(CN2C(=O)NC(=O)C(C(C)C)C2=O)s1. The molecule has 1 aliphatic rings. The van der Waals surface area contributed by atoms with E-state index in [1.54, 1.807) is 13.8 Å². The van der Waals surface area contributed by atoms with Crippen molar-refractivity contribution in [2.24, 2.45) is 11.8 Å². The number of urea groups is 1. The highest BCUT2D eigenvalue weighted by Crippen LogP contribution is 2.23. The summed E-state index contributed by atoms with van der Waals surface area (Å²) in [6.07, 6.45) is 0. The van der Waals surface area contributed by atoms with Gasteiger partial charge in [0, 0.05) is 9.75 Å². The monoisotopic (exact) mass is 280 g/mol. The predicted molar refractivity (Wildman–Crippen MR) is 71.5 cm³/mol. The van der Waals surface area contributed by atoms with Crippen molar-refractivity contribution in [1.82, 2.24) is 10.2 Å². The number of imide groups is 2. The summed E-state index contributed by atoms with van der Waals surface area (Å²) < 4.78 is 0. The average molecular weight is 280 g/mol. The minimum Gasteiger partial charge on any atom is -0.277 e. The molecule has 2 heterocycles. The van der Waals surface area contributed by atoms with Gasteiger partial charge in [0.05, 0.1) is 6.54 Å². The second kappa shape index (κ2) is 5.13. The summed E-state index contributed by atoms with van der Waals surface area (Å²) in [5.41, 5.74) is 0. The standard InChI is InChI=1S/C13H16N2O3S/c1-7(2)10-11(16)14-13(18)15(12(10)17)6-9-5-4-8(3)19-9/h4-5,7,10H,6H2,1-3H3,(H,14,16,18). The number of hydrogen-bond donors (Lipinski definition) is 1. The second-order valence-electron chi connectivity index (χ2n) is 4.95. The number of nitrogens with one attached hydrogen (secondary N) is 1. The Bertz CT molecular complexity index is 536. The van der Waals surface area contributed by atoms with Gasteiger partial charge >= 0.3 is 6.03 Å². The molecule has 5 nitrogen and oxygen atoms in total. The van der Waals surface area contributed by atoms with Gasteiger partial charge in [-0.3, -0.25) is 19.8 Å². The lowest BCUT2D eigenvalue weighted by Crippen LogP contribution is -2.58. The molecular weight excluding hydrogens is 264 g/mol. The Morgan fingerprint density at radius 2 is 2.00 bits per heavy atom. The third-order valence-corrected chi connectivity index (χ3v) is 4.05. The molecule has 0 bridgehead atoms. The summed E-state index contributed by atoms with van der Waals surface area (Å²) >= 11 is 1.54. The molecule has 1 saturated heterocycles. The van der Waals surface area contributed by atoms with E-state index in [1.807, 2.05) is 19.1 Å². The van der Waals surface area contributed by atoms with Crippen LogP contribution in [0.3, 0.4) is 0 Å². The van der Waals surface area contributed by atoms with Gasteiger partial charge in [0.1, 0.15) is 5.92 Å². The molecule has 0 saturated carbocycles. The highest BCUT2D eigenvalue weighted by molar-refractivity contribution is 7.11. The number of aryl methyl sites for hydroxylation is 1. The van der Waals surface area contributed by atoms with Gasteiger partial charge in [0.2, 0.25) is 11.8 Å². The van der Waals surface area contributed by atoms with Gasteiger partial charge < -0.3 is 0 Å². The normalized spacial score (nSPS) is 20.1. The van der Waals surface area contributed by atoms with Crippen LogP contribution in [0.15, 0.2) is 12.1 Å². The first-order valence-corrected chi connectivity index (χ1v) is 6.93. The average Bonchev–Trinajstić information content (AvgIpc) is 2.69. The molecule has 4 amide bonds. The lowest BCUT2D eigenvalue weighted by atomic mass is 9.92. The van der Waals surface area contributed by atoms with Crippen LogP contribution in [0.25, 0.3) is 0 Å². The van der Waals surface area contributed by atoms with Gasteiger partial charge in [-0.25, -0.2) is 4.79 Å². The lowest BCUT2D eigenvalue weighted by molar-refractivity contribution is -0.144. The molecule has 1 aromatic heterocycles. The van der Waals surface area contributed by atoms with Crippen LogP contribution in [0.4, 0.5) is 4.79 Å². The summed E-state index contributed by atoms with van der Waals surface area (Å²) in [6.45, 7) is 5.78. The van der Waals surface area contributed by atoms with Crippen molar-refractivity contribution in [2.75, 3.05) is 0 Å². The molecule has 2 rings (SSSR count). The molecule has 1 unspecified atom stereocenters. The van der Waals surface area contributed by atoms with Crippen molar-refractivity contribution < 1.29 is 14.4 Å². The molecule has 102 valence electrons. The molecule has 0 spiro atoms. The predicted octanol–water partition coefficient (Wildman–Crippen LogP) is 1.91. The fourth-order valence-electron chi connectivity index (χ4n) is 2.09. The van der Waals surface area contributed by atoms with E-state index in [0.717, 1.165) is 14.7 Å². The highest BCUT2D eigenvalue weighted by Gasteiger charge is 2.41. The largest absolute Gasteiger partial charge is 0.331 e. The van der Waals surface area contributed by atoms with Gasteiger partial charge in [0.15, 0.2) is 0 Å². The smallest absolute Gasteiger partial charge is 0.277 e. The molecule has 6 heteroatoms. The number of nitrogens with zero attached hydrogens (tertiary/aromatic N) is 1. The van der Waals surface area contributed by atoms with Crippen LogP contribution in [-0.4, -0.2) is 22.7 Å². The summed E-state index contributed by atoms with van der Waals surface area (Å²) in [5, 5.41) is 2.25. The summed E-state index contributed by atoms with van der Waals surface area (Å²) in [5.74, 6) is -1.81. The number of rotatable bonds is 3. The van der Waals surface area contributed by atoms with Crippen molar-refractivity contribution in [3.63, 3.8) is 0 Å². The summed E-state index contributed by atoms with van der Waals surface area (Å²) in [7, 11) is 0. The Labute approximate surface area is 115 Å². The van der Waals surface area contributed by atoms with Crippen LogP contribution >= 0.6 is 11.3 Å². The van der Waals surface area contributed by atoms with E-state index in [-0.39, 0.29) is 12.5 Å². The Morgan fingerprint density at radius 1 is 1.32 bits per heavy atom. The van der Waals surface area contributed by atoms with Crippen LogP contribution in [0.2, 0.25) is 0 Å². The minimum atomic E-state index is -0.779. The number of barbiturate groups is 1. The Balaban J connectivity index is 2.21. The van der Waals surface area contributed by atoms with E-state index in [9.17, 15) is 14.4 Å². The molecule has 1 aromatic rings. The second-order valence-corrected chi connectivity index (χ2v) is 6.33. The maximum absolute atomic E-state index is 12.2. The van der Waals surface area contributed by atoms with E-state index < -0.39 is 23.8 Å². The van der Waals surface area contributed by atoms with Gasteiger partial charge in [-0.15, -0.1) is 11.3 Å². The lowest BCUT2D eigenvalue weighted by Gasteiger charge is -2.31. The Hall–Kier alpha value is -1.69. The third-order valence-electron chi connectivity index (χ3n) is 3.07. The zero-order valence-electron chi connectivity index (χ0n) is 11.1. The molecule has 19 heavy (non-hydrogen) atoms. The molecule has 1 N–H and O–H groups in total. The van der Waals surface area contributed by atoms with Crippen molar-refractivity contribution in [3.8, 4) is 0 Å². The molecule has 0 aromatic carbocycles. The first-order chi connectivity index (χ1) is 8.90. The molecule has 0 radical (unpaired) electrons. The van der Waals surface area contributed by atoms with Gasteiger partial charge in [0.25, 0.3) is 0 Å². The van der Waals surface area contributed by atoms with Crippen molar-refractivity contribution in [3.05, 3.63) is 21.9 Å². The van der Waals surface area contributed by atoms with Crippen LogP contribution in [-0.2, 0) is 16.1 Å². The van der Waals surface area contributed by atoms with E-state index in [2.05, 4.69) is 5.32 Å². The van der Waals surface area contributed by atoms with Gasteiger partial charge in [-0.1, -0.05) is 13.8 Å². The minimum absolute atomic E-state index is 0.131. The quantitative estimate of drug-likeness (QED) is 0.860. The van der Waals surface area contributed by atoms with Crippen molar-refractivity contribution in [2.45, 2.75) is 27.3 Å². The number of thiophene rings is 1. The van der Waals surface area contributed by atoms with E-state index in [4.69, 9.17) is 0 Å². The highest BCUT2D eigenvalue weighted by atomic mass is 32.1. The zero-order valence-corrected chi connectivity index (χ0v) is 11.9. The third kappa shape index (κ3) is 2.68. The van der Waals surface area contributed by atoms with Gasteiger partial charge in [-0.2, -0.15) is 0 Å².